The van der Waals surface area contributed by atoms with Crippen LogP contribution in [0.15, 0.2) is 0 Å². The van der Waals surface area contributed by atoms with Gasteiger partial charge in [0.05, 0.1) is 0 Å². The molecule has 0 unspecified atom stereocenters. The van der Waals surface area contributed by atoms with Crippen LogP contribution in [0.5, 0.6) is 0 Å². The van der Waals surface area contributed by atoms with Crippen LogP contribution in [-0.4, -0.2) is 26.7 Å². The van der Waals surface area contributed by atoms with E-state index >= 15 is 0 Å². The van der Waals surface area contributed by atoms with Crippen molar-refractivity contribution in [3.05, 3.63) is 0 Å². The van der Waals surface area contributed by atoms with E-state index in [2.05, 4.69) is 0 Å². The number of hydrogen-bond donors (Lipinski definition) is 0. The summed E-state index contributed by atoms with van der Waals surface area (Å²) in [6.45, 7) is 0. The molecule has 0 N–H and O–H groups in total. The first-order valence-corrected chi connectivity index (χ1v) is 1.22. The second-order valence-corrected chi connectivity index (χ2v) is 0.250. The van der Waals surface area contributed by atoms with E-state index in [4.69, 9.17) is 8.92 Å². The van der Waals surface area contributed by atoms with Crippen LogP contribution in [0.4, 0.5) is 0 Å². The molecule has 6 heavy (non-hydrogen) atoms. The first-order valence-electron chi connectivity index (χ1n) is 0.408. The van der Waals surface area contributed by atoms with Crippen molar-refractivity contribution in [1.82, 2.24) is 0 Å². The van der Waals surface area contributed by atoms with Crippen LogP contribution in [0.2, 0.25) is 0 Å². The average Bonchev–Trinajstić information content (AvgIpc) is 0.918. The molecule has 0 aromatic rings. The van der Waals surface area contributed by atoms with E-state index in [0.717, 1.165) is 0 Å². The molecule has 0 aromatic heterocycles. The van der Waals surface area contributed by atoms with Gasteiger partial charge in [0.25, 0.3) is 0 Å². The molecule has 0 aliphatic heterocycles. The molecule has 0 rings (SSSR count). The monoisotopic (exact) mass is 214 g/mol. The third-order valence-corrected chi connectivity index (χ3v) is 0. The van der Waals surface area contributed by atoms with Gasteiger partial charge in [0, 0.05) is 53.9 Å². The molecule has 0 saturated carbocycles. The van der Waals surface area contributed by atoms with Crippen molar-refractivity contribution in [3.63, 3.8) is 0 Å². The summed E-state index contributed by atoms with van der Waals surface area (Å²) in [7, 11) is -1.42. The predicted octanol–water partition coefficient (Wildman–Crippen LogP) is -1.00. The van der Waals surface area contributed by atoms with Gasteiger partial charge in [0.2, 0.25) is 0 Å². The van der Waals surface area contributed by atoms with E-state index in [-0.39, 0.29) is 53.9 Å². The average molecular weight is 216 g/mol. The maximum atomic E-state index is 8.40. The van der Waals surface area contributed by atoms with E-state index in [0.29, 0.717) is 0 Å². The summed E-state index contributed by atoms with van der Waals surface area (Å²) in [4.78, 5) is 0. The van der Waals surface area contributed by atoms with Gasteiger partial charge in [-0.3, -0.25) is 8.92 Å². The van der Waals surface area contributed by atoms with E-state index in [1.807, 2.05) is 0 Å². The van der Waals surface area contributed by atoms with Gasteiger partial charge in [-0.2, -0.15) is 0 Å². The molecule has 0 saturated heterocycles. The standard InChI is InChI=1S/Al.Cu.O2Si.Zn/c;;1-3-2;. The van der Waals surface area contributed by atoms with E-state index < -0.39 is 9.29 Å². The zero-order chi connectivity index (χ0) is 2.71. The SMILES string of the molecule is O=[Si]=O.[Al].[Cu].[Zn]. The summed E-state index contributed by atoms with van der Waals surface area (Å²) >= 11 is 0. The van der Waals surface area contributed by atoms with Crippen LogP contribution >= 0.6 is 0 Å². The van der Waals surface area contributed by atoms with Crippen molar-refractivity contribution in [3.8, 4) is 0 Å². The maximum Gasteiger partial charge on any atom is 0.549 e. The van der Waals surface area contributed by atoms with Crippen LogP contribution < -0.4 is 0 Å². The molecule has 0 bridgehead atoms. The van der Waals surface area contributed by atoms with Gasteiger partial charge in [-0.05, 0) is 0 Å². The van der Waals surface area contributed by atoms with Crippen LogP contribution in [-0.2, 0) is 45.5 Å². The Balaban J connectivity index is -0.00000000667. The summed E-state index contributed by atoms with van der Waals surface area (Å²) in [5.41, 5.74) is 0. The Morgan fingerprint density at radius 1 is 1.17 bits per heavy atom. The zero-order valence-electron chi connectivity index (χ0n) is 2.90. The predicted molar refractivity (Wildman–Crippen MR) is 12.9 cm³/mol. The van der Waals surface area contributed by atoms with Crippen molar-refractivity contribution < 1.29 is 45.5 Å². The molecule has 0 heterocycles. The fraction of sp³-hybridized carbons (Fsp3) is 0. The Morgan fingerprint density at radius 2 is 1.17 bits per heavy atom. The molecule has 0 aromatic carbocycles. The fourth-order valence-electron chi connectivity index (χ4n) is 0. The van der Waals surface area contributed by atoms with Crippen LogP contribution in [0.25, 0.3) is 0 Å². The van der Waals surface area contributed by atoms with Gasteiger partial charge in [0.15, 0.2) is 0 Å². The van der Waals surface area contributed by atoms with Gasteiger partial charge < -0.3 is 0 Å². The zero-order valence-corrected chi connectivity index (χ0v) is 8.97. The van der Waals surface area contributed by atoms with E-state index in [1.54, 1.807) is 0 Å². The first kappa shape index (κ1) is 25.9. The van der Waals surface area contributed by atoms with Crippen molar-refractivity contribution in [2.45, 2.75) is 0 Å². The van der Waals surface area contributed by atoms with Gasteiger partial charge in [-0.1, -0.05) is 0 Å². The second kappa shape index (κ2) is 31.5. The summed E-state index contributed by atoms with van der Waals surface area (Å²) in [5, 5.41) is 0. The van der Waals surface area contributed by atoms with Crippen LogP contribution in [0.3, 0.4) is 0 Å². The van der Waals surface area contributed by atoms with Gasteiger partial charge in [-0.25, -0.2) is 0 Å². The second-order valence-electron chi connectivity index (χ2n) is 0.0833. The Morgan fingerprint density at radius 3 is 1.17 bits per heavy atom. The molecular weight excluding hydrogens is 216 g/mol. The summed E-state index contributed by atoms with van der Waals surface area (Å²) < 4.78 is 16.8. The Hall–Kier alpha value is 1.49. The number of rotatable bonds is 0. The summed E-state index contributed by atoms with van der Waals surface area (Å²) in [5.74, 6) is 0. The quantitative estimate of drug-likeness (QED) is 0.486. The van der Waals surface area contributed by atoms with Gasteiger partial charge in [-0.15, -0.1) is 0 Å². The normalized spacial score (nSPS) is 1.33. The number of hydrogen-bond acceptors (Lipinski definition) is 2. The summed E-state index contributed by atoms with van der Waals surface area (Å²) in [6.07, 6.45) is 0. The molecule has 32 valence electrons. The molecule has 6 heteroatoms. The Bertz CT molecular complexity index is 34.5. The molecule has 0 aliphatic carbocycles. The molecule has 4 radical (unpaired) electrons. The molecule has 2 nitrogen and oxygen atoms in total. The topological polar surface area (TPSA) is 34.1 Å². The van der Waals surface area contributed by atoms with Crippen molar-refractivity contribution in [2.24, 2.45) is 0 Å². The smallest absolute Gasteiger partial charge is 0.274 e. The van der Waals surface area contributed by atoms with E-state index in [9.17, 15) is 0 Å². The molecular formula is AlCuO2SiZn. The third-order valence-electron chi connectivity index (χ3n) is 0. The molecule has 0 spiro atoms. The van der Waals surface area contributed by atoms with Crippen molar-refractivity contribution in [1.29, 1.82) is 0 Å². The minimum Gasteiger partial charge on any atom is -0.274 e. The summed E-state index contributed by atoms with van der Waals surface area (Å²) in [6, 6.07) is 0. The molecule has 0 atom stereocenters. The van der Waals surface area contributed by atoms with Crippen molar-refractivity contribution >= 4 is 26.7 Å². The minimum atomic E-state index is -1.42. The maximum absolute atomic E-state index is 8.40. The van der Waals surface area contributed by atoms with E-state index in [1.165, 1.54) is 0 Å². The first-order chi connectivity index (χ1) is 1.41. The Labute approximate surface area is 71.8 Å². The molecule has 0 aliphatic rings. The molecule has 0 amide bonds. The van der Waals surface area contributed by atoms with Crippen molar-refractivity contribution in [2.75, 3.05) is 0 Å². The van der Waals surface area contributed by atoms with Gasteiger partial charge in [0.1, 0.15) is 0 Å². The largest absolute Gasteiger partial charge is 0.549 e. The Kier molecular flexibility index (Phi) is 136. The minimum absolute atomic E-state index is 0. The van der Waals surface area contributed by atoms with Crippen LogP contribution in [0, 0.1) is 0 Å². The van der Waals surface area contributed by atoms with Gasteiger partial charge >= 0.3 is 9.29 Å². The molecule has 0 fully saturated rings. The van der Waals surface area contributed by atoms with Crippen LogP contribution in [0.1, 0.15) is 0 Å². The fourth-order valence-corrected chi connectivity index (χ4v) is 0. The third kappa shape index (κ3) is 49.8.